The van der Waals surface area contributed by atoms with Crippen molar-refractivity contribution in [1.29, 1.82) is 0 Å². The third-order valence-corrected chi connectivity index (χ3v) is 3.50. The predicted molar refractivity (Wildman–Crippen MR) is 56.3 cm³/mol. The molecule has 0 amide bonds. The van der Waals surface area contributed by atoms with Gasteiger partial charge in [-0.25, -0.2) is 0 Å². The van der Waals surface area contributed by atoms with Crippen molar-refractivity contribution in [3.05, 3.63) is 0 Å². The minimum absolute atomic E-state index is 0.429. The Labute approximate surface area is 86.1 Å². The average molecular weight is 196 g/mol. The molecule has 2 aliphatic heterocycles. The minimum atomic E-state index is 0.429. The molecule has 3 heteroatoms. The molecule has 80 valence electrons. The topological polar surface area (TPSA) is 23.6 Å². The smallest absolute Gasteiger partial charge is 0.148 e. The van der Waals surface area contributed by atoms with Crippen molar-refractivity contribution in [1.82, 2.24) is 9.80 Å². The maximum atomic E-state index is 11.2. The van der Waals surface area contributed by atoms with E-state index in [0.717, 1.165) is 19.5 Å². The molecule has 0 N–H and O–H groups in total. The molecule has 2 saturated heterocycles. The van der Waals surface area contributed by atoms with E-state index < -0.39 is 0 Å². The van der Waals surface area contributed by atoms with Gasteiger partial charge in [0.2, 0.25) is 0 Å². The molecular weight excluding hydrogens is 176 g/mol. The molecule has 0 aromatic rings. The van der Waals surface area contributed by atoms with Crippen LogP contribution in [0.5, 0.6) is 0 Å². The Balaban J connectivity index is 1.87. The SMILES string of the molecule is CCN1CCCC(N2CCC(=O)C2)C1. The fraction of sp³-hybridized carbons (Fsp3) is 0.909. The first kappa shape index (κ1) is 10.1. The van der Waals surface area contributed by atoms with E-state index in [-0.39, 0.29) is 0 Å². The number of carbonyl (C=O) groups is 1. The Bertz CT molecular complexity index is 217. The molecule has 0 saturated carbocycles. The molecule has 0 aromatic carbocycles. The highest BCUT2D eigenvalue weighted by molar-refractivity contribution is 5.82. The quantitative estimate of drug-likeness (QED) is 0.651. The first-order valence-electron chi connectivity index (χ1n) is 5.77. The van der Waals surface area contributed by atoms with E-state index in [1.165, 1.54) is 25.9 Å². The van der Waals surface area contributed by atoms with Crippen molar-refractivity contribution in [3.63, 3.8) is 0 Å². The Morgan fingerprint density at radius 1 is 1.43 bits per heavy atom. The second-order valence-electron chi connectivity index (χ2n) is 4.45. The van der Waals surface area contributed by atoms with Gasteiger partial charge in [-0.05, 0) is 25.9 Å². The number of rotatable bonds is 2. The zero-order chi connectivity index (χ0) is 9.97. The van der Waals surface area contributed by atoms with Gasteiger partial charge in [0.05, 0.1) is 6.54 Å². The molecule has 2 heterocycles. The minimum Gasteiger partial charge on any atom is -0.302 e. The lowest BCUT2D eigenvalue weighted by atomic mass is 10.0. The van der Waals surface area contributed by atoms with Gasteiger partial charge < -0.3 is 4.90 Å². The maximum Gasteiger partial charge on any atom is 0.148 e. The number of hydrogen-bond donors (Lipinski definition) is 0. The Morgan fingerprint density at radius 3 is 2.93 bits per heavy atom. The van der Waals surface area contributed by atoms with Gasteiger partial charge >= 0.3 is 0 Å². The van der Waals surface area contributed by atoms with Crippen LogP contribution in [0, 0.1) is 0 Å². The van der Waals surface area contributed by atoms with Gasteiger partial charge in [0, 0.05) is 25.6 Å². The Kier molecular flexibility index (Phi) is 3.19. The van der Waals surface area contributed by atoms with Crippen molar-refractivity contribution in [2.75, 3.05) is 32.7 Å². The highest BCUT2D eigenvalue weighted by Crippen LogP contribution is 2.18. The van der Waals surface area contributed by atoms with E-state index in [1.54, 1.807) is 0 Å². The van der Waals surface area contributed by atoms with E-state index in [4.69, 9.17) is 0 Å². The number of piperidine rings is 1. The molecule has 2 fully saturated rings. The maximum absolute atomic E-state index is 11.2. The predicted octanol–water partition coefficient (Wildman–Crippen LogP) is 0.745. The average Bonchev–Trinajstić information content (AvgIpc) is 2.65. The van der Waals surface area contributed by atoms with Gasteiger partial charge in [-0.1, -0.05) is 6.92 Å². The summed E-state index contributed by atoms with van der Waals surface area (Å²) >= 11 is 0. The summed E-state index contributed by atoms with van der Waals surface area (Å²) in [6.45, 7) is 7.50. The van der Waals surface area contributed by atoms with Crippen molar-refractivity contribution in [2.24, 2.45) is 0 Å². The van der Waals surface area contributed by atoms with Crippen LogP contribution < -0.4 is 0 Å². The number of likely N-dealkylation sites (N-methyl/N-ethyl adjacent to an activating group) is 1. The highest BCUT2D eigenvalue weighted by Gasteiger charge is 2.29. The van der Waals surface area contributed by atoms with Gasteiger partial charge in [0.25, 0.3) is 0 Å². The van der Waals surface area contributed by atoms with Crippen LogP contribution in [0.15, 0.2) is 0 Å². The number of carbonyl (C=O) groups excluding carboxylic acids is 1. The first-order valence-corrected chi connectivity index (χ1v) is 5.77. The number of nitrogens with zero attached hydrogens (tertiary/aromatic N) is 2. The van der Waals surface area contributed by atoms with Gasteiger partial charge in [0.1, 0.15) is 5.78 Å². The van der Waals surface area contributed by atoms with E-state index in [9.17, 15) is 4.79 Å². The molecule has 0 aromatic heterocycles. The second kappa shape index (κ2) is 4.41. The fourth-order valence-electron chi connectivity index (χ4n) is 2.58. The van der Waals surface area contributed by atoms with Crippen LogP contribution in [-0.2, 0) is 4.79 Å². The summed E-state index contributed by atoms with van der Waals surface area (Å²) < 4.78 is 0. The van der Waals surface area contributed by atoms with Crippen molar-refractivity contribution in [3.8, 4) is 0 Å². The van der Waals surface area contributed by atoms with E-state index in [1.807, 2.05) is 0 Å². The molecule has 0 aliphatic carbocycles. The summed E-state index contributed by atoms with van der Waals surface area (Å²) in [5, 5.41) is 0. The van der Waals surface area contributed by atoms with E-state index >= 15 is 0 Å². The third kappa shape index (κ3) is 2.15. The lowest BCUT2D eigenvalue weighted by molar-refractivity contribution is -0.117. The standard InChI is InChI=1S/C11H20N2O/c1-2-12-6-3-4-10(8-12)13-7-5-11(14)9-13/h10H,2-9H2,1H3. The molecule has 3 nitrogen and oxygen atoms in total. The zero-order valence-corrected chi connectivity index (χ0v) is 9.04. The van der Waals surface area contributed by atoms with Crippen LogP contribution in [0.1, 0.15) is 26.2 Å². The van der Waals surface area contributed by atoms with Gasteiger partial charge in [0.15, 0.2) is 0 Å². The lowest BCUT2D eigenvalue weighted by Gasteiger charge is -2.36. The molecule has 14 heavy (non-hydrogen) atoms. The van der Waals surface area contributed by atoms with Crippen LogP contribution >= 0.6 is 0 Å². The normalized spacial score (nSPS) is 31.2. The number of ketones is 1. The van der Waals surface area contributed by atoms with E-state index in [0.29, 0.717) is 18.4 Å². The van der Waals surface area contributed by atoms with Crippen molar-refractivity contribution >= 4 is 5.78 Å². The molecule has 0 radical (unpaired) electrons. The molecule has 1 unspecified atom stereocenters. The molecule has 1 atom stereocenters. The van der Waals surface area contributed by atoms with Crippen molar-refractivity contribution < 1.29 is 4.79 Å². The van der Waals surface area contributed by atoms with Gasteiger partial charge in [-0.2, -0.15) is 0 Å². The van der Waals surface area contributed by atoms with Crippen molar-refractivity contribution in [2.45, 2.75) is 32.2 Å². The first-order chi connectivity index (χ1) is 6.79. The molecule has 2 aliphatic rings. The van der Waals surface area contributed by atoms with E-state index in [2.05, 4.69) is 16.7 Å². The summed E-state index contributed by atoms with van der Waals surface area (Å²) in [5.74, 6) is 0.429. The largest absolute Gasteiger partial charge is 0.302 e. The second-order valence-corrected chi connectivity index (χ2v) is 4.45. The van der Waals surface area contributed by atoms with Crippen LogP contribution in [-0.4, -0.2) is 54.3 Å². The summed E-state index contributed by atoms with van der Waals surface area (Å²) in [5.41, 5.74) is 0. The molecule has 2 rings (SSSR count). The molecule has 0 bridgehead atoms. The number of Topliss-reactive ketones (excluding diaryl/α,β-unsaturated/α-hetero) is 1. The Morgan fingerprint density at radius 2 is 2.29 bits per heavy atom. The van der Waals surface area contributed by atoms with Crippen LogP contribution in [0.3, 0.4) is 0 Å². The zero-order valence-electron chi connectivity index (χ0n) is 9.04. The van der Waals surface area contributed by atoms with Gasteiger partial charge in [-0.3, -0.25) is 9.69 Å². The summed E-state index contributed by atoms with van der Waals surface area (Å²) in [4.78, 5) is 16.1. The van der Waals surface area contributed by atoms with Crippen LogP contribution in [0.4, 0.5) is 0 Å². The number of likely N-dealkylation sites (tertiary alicyclic amines) is 2. The summed E-state index contributed by atoms with van der Waals surface area (Å²) in [7, 11) is 0. The monoisotopic (exact) mass is 196 g/mol. The third-order valence-electron chi connectivity index (χ3n) is 3.50. The summed E-state index contributed by atoms with van der Waals surface area (Å²) in [6.07, 6.45) is 3.36. The fourth-order valence-corrected chi connectivity index (χ4v) is 2.58. The Hall–Kier alpha value is -0.410. The van der Waals surface area contributed by atoms with Crippen LogP contribution in [0.25, 0.3) is 0 Å². The lowest BCUT2D eigenvalue weighted by Crippen LogP contribution is -2.47. The molecule has 0 spiro atoms. The molecular formula is C11H20N2O. The van der Waals surface area contributed by atoms with Gasteiger partial charge in [-0.15, -0.1) is 0 Å². The highest BCUT2D eigenvalue weighted by atomic mass is 16.1. The van der Waals surface area contributed by atoms with Crippen LogP contribution in [0.2, 0.25) is 0 Å². The summed E-state index contributed by atoms with van der Waals surface area (Å²) in [6, 6.07) is 0.648. The number of hydrogen-bond acceptors (Lipinski definition) is 3.